The van der Waals surface area contributed by atoms with E-state index < -0.39 is 0 Å². The first-order valence-electron chi connectivity index (χ1n) is 8.38. The molecule has 0 amide bonds. The molecule has 1 heterocycles. The second kappa shape index (κ2) is 6.06. The lowest BCUT2D eigenvalue weighted by molar-refractivity contribution is 0.209. The van der Waals surface area contributed by atoms with Gasteiger partial charge in [-0.05, 0) is 67.0 Å². The van der Waals surface area contributed by atoms with E-state index in [9.17, 15) is 0 Å². The Labute approximate surface area is 137 Å². The summed E-state index contributed by atoms with van der Waals surface area (Å²) in [6.07, 6.45) is 5.06. The summed E-state index contributed by atoms with van der Waals surface area (Å²) in [6.45, 7) is 2.37. The van der Waals surface area contributed by atoms with Crippen LogP contribution in [0.3, 0.4) is 0 Å². The van der Waals surface area contributed by atoms with Crippen molar-refractivity contribution in [2.45, 2.75) is 37.6 Å². The van der Waals surface area contributed by atoms with Crippen LogP contribution in [-0.2, 0) is 6.42 Å². The van der Waals surface area contributed by atoms with Crippen molar-refractivity contribution in [1.82, 2.24) is 4.90 Å². The quantitative estimate of drug-likeness (QED) is 0.752. The number of halogens is 1. The van der Waals surface area contributed by atoms with E-state index in [-0.39, 0.29) is 0 Å². The van der Waals surface area contributed by atoms with Crippen LogP contribution in [-0.4, -0.2) is 18.0 Å². The van der Waals surface area contributed by atoms with Crippen molar-refractivity contribution in [3.63, 3.8) is 0 Å². The molecule has 0 spiro atoms. The van der Waals surface area contributed by atoms with Crippen molar-refractivity contribution in [2.24, 2.45) is 0 Å². The van der Waals surface area contributed by atoms with Crippen molar-refractivity contribution in [3.8, 4) is 0 Å². The Kier molecular flexibility index (Phi) is 3.94. The zero-order valence-electron chi connectivity index (χ0n) is 12.8. The molecule has 1 aliphatic heterocycles. The van der Waals surface area contributed by atoms with Crippen LogP contribution in [0.4, 0.5) is 0 Å². The Morgan fingerprint density at radius 1 is 1.05 bits per heavy atom. The molecule has 2 unspecified atom stereocenters. The molecule has 0 aromatic heterocycles. The van der Waals surface area contributed by atoms with Gasteiger partial charge in [-0.2, -0.15) is 0 Å². The minimum Gasteiger partial charge on any atom is -0.296 e. The molecule has 2 bridgehead atoms. The predicted octanol–water partition coefficient (Wildman–Crippen LogP) is 5.21. The molecule has 1 nitrogen and oxygen atoms in total. The van der Waals surface area contributed by atoms with Crippen LogP contribution >= 0.6 is 11.6 Å². The van der Waals surface area contributed by atoms with Crippen LogP contribution in [0.25, 0.3) is 0 Å². The molecule has 0 radical (unpaired) electrons. The summed E-state index contributed by atoms with van der Waals surface area (Å²) in [5.41, 5.74) is 4.48. The largest absolute Gasteiger partial charge is 0.296 e. The molecule has 2 heteroatoms. The third kappa shape index (κ3) is 2.68. The zero-order chi connectivity index (χ0) is 14.9. The molecular weight excluding hydrogens is 290 g/mol. The van der Waals surface area contributed by atoms with Gasteiger partial charge >= 0.3 is 0 Å². The van der Waals surface area contributed by atoms with Gasteiger partial charge in [0.05, 0.1) is 0 Å². The second-order valence-electron chi connectivity index (χ2n) is 6.64. The number of fused-ring (bicyclic) bond motifs is 5. The third-order valence-corrected chi connectivity index (χ3v) is 5.56. The van der Waals surface area contributed by atoms with E-state index >= 15 is 0 Å². The van der Waals surface area contributed by atoms with E-state index in [0.29, 0.717) is 6.04 Å². The highest BCUT2D eigenvalue weighted by atomic mass is 35.5. The molecule has 2 atom stereocenters. The highest BCUT2D eigenvalue weighted by Gasteiger charge is 2.36. The van der Waals surface area contributed by atoms with Gasteiger partial charge in [-0.25, -0.2) is 0 Å². The van der Waals surface area contributed by atoms with Gasteiger partial charge < -0.3 is 0 Å². The molecule has 114 valence electrons. The third-order valence-electron chi connectivity index (χ3n) is 5.32. The number of likely N-dealkylation sites (tertiary alicyclic amines) is 1. The summed E-state index contributed by atoms with van der Waals surface area (Å²) in [5, 5.41) is 0.882. The first-order chi connectivity index (χ1) is 10.8. The van der Waals surface area contributed by atoms with Gasteiger partial charge in [-0.15, -0.1) is 0 Å². The maximum atomic E-state index is 6.26. The van der Waals surface area contributed by atoms with Crippen molar-refractivity contribution >= 4 is 11.6 Å². The fourth-order valence-corrected chi connectivity index (χ4v) is 4.41. The molecule has 1 fully saturated rings. The molecule has 2 aromatic rings. The molecule has 1 aliphatic carbocycles. The maximum absolute atomic E-state index is 6.26. The van der Waals surface area contributed by atoms with Crippen molar-refractivity contribution in [1.29, 1.82) is 0 Å². The molecule has 1 saturated heterocycles. The maximum Gasteiger partial charge on any atom is 0.0409 e. The van der Waals surface area contributed by atoms with E-state index in [1.54, 1.807) is 5.56 Å². The Hall–Kier alpha value is -1.31. The summed E-state index contributed by atoms with van der Waals surface area (Å²) in [5.74, 6) is 0.749. The number of benzene rings is 2. The predicted molar refractivity (Wildman–Crippen MR) is 92.5 cm³/mol. The molecule has 0 saturated carbocycles. The van der Waals surface area contributed by atoms with E-state index in [2.05, 4.69) is 53.4 Å². The van der Waals surface area contributed by atoms with E-state index in [1.165, 1.54) is 36.9 Å². The van der Waals surface area contributed by atoms with Gasteiger partial charge in [0.15, 0.2) is 0 Å². The first kappa shape index (κ1) is 14.3. The number of hydrogen-bond donors (Lipinski definition) is 0. The van der Waals surface area contributed by atoms with Crippen LogP contribution in [0.5, 0.6) is 0 Å². The zero-order valence-corrected chi connectivity index (χ0v) is 13.6. The standard InChI is InChI=1S/C20H22ClN/c21-17-8-9-18-16-7-4-11-22(20(13-16)19(18)14-17)12-10-15-5-2-1-3-6-15/h1-3,5-6,8-9,14,16,20H,4,7,10-13H2. The second-order valence-corrected chi connectivity index (χ2v) is 7.07. The number of rotatable bonds is 3. The van der Waals surface area contributed by atoms with Crippen LogP contribution in [0.15, 0.2) is 48.5 Å². The minimum absolute atomic E-state index is 0.574. The van der Waals surface area contributed by atoms with Gasteiger partial charge in [0.2, 0.25) is 0 Å². The average Bonchev–Trinajstić information content (AvgIpc) is 2.75. The Morgan fingerprint density at radius 2 is 1.91 bits per heavy atom. The van der Waals surface area contributed by atoms with Gasteiger partial charge in [-0.3, -0.25) is 4.90 Å². The van der Waals surface area contributed by atoms with Crippen LogP contribution in [0.2, 0.25) is 5.02 Å². The highest BCUT2D eigenvalue weighted by Crippen LogP contribution is 2.48. The SMILES string of the molecule is Clc1ccc2c(c1)C1CC2CCCN1CCc1ccccc1. The summed E-state index contributed by atoms with van der Waals surface area (Å²) in [7, 11) is 0. The van der Waals surface area contributed by atoms with Gasteiger partial charge in [-0.1, -0.05) is 48.0 Å². The van der Waals surface area contributed by atoms with Gasteiger partial charge in [0.25, 0.3) is 0 Å². The first-order valence-corrected chi connectivity index (χ1v) is 8.76. The normalized spacial score (nSPS) is 24.0. The Bertz CT molecular complexity index is 652. The Morgan fingerprint density at radius 3 is 2.77 bits per heavy atom. The van der Waals surface area contributed by atoms with Crippen LogP contribution in [0.1, 0.15) is 47.9 Å². The minimum atomic E-state index is 0.574. The van der Waals surface area contributed by atoms with Crippen molar-refractivity contribution in [3.05, 3.63) is 70.2 Å². The van der Waals surface area contributed by atoms with Crippen molar-refractivity contribution in [2.75, 3.05) is 13.1 Å². The molecule has 22 heavy (non-hydrogen) atoms. The van der Waals surface area contributed by atoms with Gasteiger partial charge in [0.1, 0.15) is 0 Å². The van der Waals surface area contributed by atoms with E-state index in [0.717, 1.165) is 23.9 Å². The highest BCUT2D eigenvalue weighted by molar-refractivity contribution is 6.30. The van der Waals surface area contributed by atoms with Crippen LogP contribution in [0, 0.1) is 0 Å². The number of nitrogens with zero attached hydrogens (tertiary/aromatic N) is 1. The lowest BCUT2D eigenvalue weighted by Gasteiger charge is -2.29. The van der Waals surface area contributed by atoms with Gasteiger partial charge in [0, 0.05) is 17.6 Å². The molecule has 0 N–H and O–H groups in total. The fraction of sp³-hybridized carbons (Fsp3) is 0.400. The summed E-state index contributed by atoms with van der Waals surface area (Å²) < 4.78 is 0. The molecule has 2 aromatic carbocycles. The average molecular weight is 312 g/mol. The molecular formula is C20H22ClN. The molecule has 2 aliphatic rings. The summed E-state index contributed by atoms with van der Waals surface area (Å²) in [6, 6.07) is 18.0. The van der Waals surface area contributed by atoms with Crippen molar-refractivity contribution < 1.29 is 0 Å². The molecule has 4 rings (SSSR count). The fourth-order valence-electron chi connectivity index (χ4n) is 4.23. The summed E-state index contributed by atoms with van der Waals surface area (Å²) in [4.78, 5) is 2.69. The lowest BCUT2D eigenvalue weighted by atomic mass is 9.96. The number of hydrogen-bond acceptors (Lipinski definition) is 1. The Balaban J connectivity index is 1.56. The topological polar surface area (TPSA) is 3.24 Å². The lowest BCUT2D eigenvalue weighted by Crippen LogP contribution is -2.30. The monoisotopic (exact) mass is 311 g/mol. The van der Waals surface area contributed by atoms with E-state index in [4.69, 9.17) is 11.6 Å². The van der Waals surface area contributed by atoms with E-state index in [1.807, 2.05) is 0 Å². The smallest absolute Gasteiger partial charge is 0.0409 e. The summed E-state index contributed by atoms with van der Waals surface area (Å²) >= 11 is 6.26. The van der Waals surface area contributed by atoms with Crippen LogP contribution < -0.4 is 0 Å².